The van der Waals surface area contributed by atoms with Gasteiger partial charge in [0, 0.05) is 11.8 Å². The van der Waals surface area contributed by atoms with E-state index in [0.717, 1.165) is 11.3 Å². The van der Waals surface area contributed by atoms with Crippen LogP contribution in [0.2, 0.25) is 0 Å². The summed E-state index contributed by atoms with van der Waals surface area (Å²) >= 11 is 0. The Morgan fingerprint density at radius 1 is 1.41 bits per heavy atom. The van der Waals surface area contributed by atoms with Gasteiger partial charge in [0.1, 0.15) is 0 Å². The number of carboxylic acid groups (broad SMARTS) is 1. The molecule has 0 unspecified atom stereocenters. The van der Waals surface area contributed by atoms with Crippen LogP contribution in [-0.4, -0.2) is 20.9 Å². The van der Waals surface area contributed by atoms with Crippen LogP contribution in [0.1, 0.15) is 11.1 Å². The van der Waals surface area contributed by atoms with E-state index in [1.165, 1.54) is 6.20 Å². The van der Waals surface area contributed by atoms with Crippen molar-refractivity contribution in [1.82, 2.24) is 9.78 Å². The maximum absolute atomic E-state index is 11.5. The molecule has 17 heavy (non-hydrogen) atoms. The minimum Gasteiger partial charge on any atom is -0.481 e. The van der Waals surface area contributed by atoms with Crippen molar-refractivity contribution in [3.05, 3.63) is 51.9 Å². The van der Waals surface area contributed by atoms with Crippen LogP contribution in [0.4, 0.5) is 0 Å². The van der Waals surface area contributed by atoms with E-state index in [4.69, 9.17) is 5.11 Å². The van der Waals surface area contributed by atoms with Crippen molar-refractivity contribution < 1.29 is 9.90 Å². The lowest BCUT2D eigenvalue weighted by atomic mass is 10.2. The van der Waals surface area contributed by atoms with Crippen molar-refractivity contribution in [1.29, 1.82) is 0 Å². The number of nitrogens with one attached hydrogen (secondary N) is 1. The number of nitrogens with zero attached hydrogens (tertiary/aromatic N) is 1. The molecule has 1 heterocycles. The second-order valence-electron chi connectivity index (χ2n) is 3.82. The van der Waals surface area contributed by atoms with E-state index in [1.54, 1.807) is 4.68 Å². The molecule has 88 valence electrons. The van der Waals surface area contributed by atoms with Crippen LogP contribution < -0.4 is 5.56 Å². The quantitative estimate of drug-likeness (QED) is 0.832. The minimum atomic E-state index is -1.02. The van der Waals surface area contributed by atoms with Crippen LogP contribution in [0.15, 0.2) is 35.3 Å². The third-order valence-electron chi connectivity index (χ3n) is 2.52. The summed E-state index contributed by atoms with van der Waals surface area (Å²) in [6.07, 6.45) is 1.26. The molecule has 0 aliphatic heterocycles. The molecular formula is C12H12N2O3. The van der Waals surface area contributed by atoms with Gasteiger partial charge in [-0.05, 0) is 18.6 Å². The van der Waals surface area contributed by atoms with Crippen LogP contribution in [0.5, 0.6) is 0 Å². The number of hydrogen-bond donors (Lipinski definition) is 2. The molecule has 1 aromatic carbocycles. The average molecular weight is 232 g/mol. The maximum atomic E-state index is 11.5. The molecule has 0 atom stereocenters. The highest BCUT2D eigenvalue weighted by Gasteiger charge is 2.09. The molecule has 2 aromatic rings. The van der Waals surface area contributed by atoms with Crippen LogP contribution in [-0.2, 0) is 11.2 Å². The minimum absolute atomic E-state index is 0.251. The molecule has 0 amide bonds. The summed E-state index contributed by atoms with van der Waals surface area (Å²) < 4.78 is 1.55. The van der Waals surface area contributed by atoms with Crippen molar-refractivity contribution in [2.24, 2.45) is 0 Å². The highest BCUT2D eigenvalue weighted by Crippen LogP contribution is 2.11. The van der Waals surface area contributed by atoms with E-state index in [2.05, 4.69) is 5.10 Å². The van der Waals surface area contributed by atoms with E-state index >= 15 is 0 Å². The predicted octanol–water partition coefficient (Wildman–Crippen LogP) is 1.10. The molecule has 0 spiro atoms. The van der Waals surface area contributed by atoms with Crippen molar-refractivity contribution in [3.63, 3.8) is 0 Å². The smallest absolute Gasteiger partial charge is 0.308 e. The first-order chi connectivity index (χ1) is 8.08. The summed E-state index contributed by atoms with van der Waals surface area (Å²) in [5, 5.41) is 11.3. The summed E-state index contributed by atoms with van der Waals surface area (Å²) in [5.74, 6) is -1.02. The van der Waals surface area contributed by atoms with Crippen molar-refractivity contribution in [2.75, 3.05) is 0 Å². The van der Waals surface area contributed by atoms with Crippen LogP contribution in [0.25, 0.3) is 5.69 Å². The Labute approximate surface area is 97.3 Å². The molecular weight excluding hydrogens is 220 g/mol. The third-order valence-corrected chi connectivity index (χ3v) is 2.52. The molecule has 2 N–H and O–H groups in total. The van der Waals surface area contributed by atoms with Crippen molar-refractivity contribution in [2.45, 2.75) is 13.3 Å². The molecule has 0 aliphatic carbocycles. The molecule has 5 heteroatoms. The Bertz CT molecular complexity index is 610. The lowest BCUT2D eigenvalue weighted by Crippen LogP contribution is -2.11. The fourth-order valence-electron chi connectivity index (χ4n) is 1.68. The second kappa shape index (κ2) is 4.29. The lowest BCUT2D eigenvalue weighted by Gasteiger charge is -2.05. The van der Waals surface area contributed by atoms with Gasteiger partial charge in [0.25, 0.3) is 5.56 Å². The summed E-state index contributed by atoms with van der Waals surface area (Å²) in [5.41, 5.74) is 1.72. The second-order valence-corrected chi connectivity index (χ2v) is 3.82. The zero-order valence-electron chi connectivity index (χ0n) is 9.30. The van der Waals surface area contributed by atoms with Crippen LogP contribution >= 0.6 is 0 Å². The number of rotatable bonds is 3. The summed E-state index contributed by atoms with van der Waals surface area (Å²) in [7, 11) is 0. The molecule has 2 rings (SSSR count). The number of aliphatic carboxylic acids is 1. The monoisotopic (exact) mass is 232 g/mol. The van der Waals surface area contributed by atoms with E-state index in [1.807, 2.05) is 31.2 Å². The largest absolute Gasteiger partial charge is 0.481 e. The van der Waals surface area contributed by atoms with Crippen LogP contribution in [0.3, 0.4) is 0 Å². The lowest BCUT2D eigenvalue weighted by molar-refractivity contribution is -0.136. The number of carboxylic acids is 1. The molecule has 1 aromatic heterocycles. The highest BCUT2D eigenvalue weighted by atomic mass is 16.4. The zero-order chi connectivity index (χ0) is 12.4. The van der Waals surface area contributed by atoms with Gasteiger partial charge >= 0.3 is 5.97 Å². The number of aromatic amines is 1. The van der Waals surface area contributed by atoms with E-state index < -0.39 is 5.97 Å². The van der Waals surface area contributed by atoms with Gasteiger partial charge in [-0.25, -0.2) is 0 Å². The van der Waals surface area contributed by atoms with Crippen molar-refractivity contribution >= 4 is 5.97 Å². The van der Waals surface area contributed by atoms with Crippen molar-refractivity contribution in [3.8, 4) is 5.69 Å². The number of carbonyl (C=O) groups is 1. The first kappa shape index (κ1) is 11.2. The fourth-order valence-corrected chi connectivity index (χ4v) is 1.68. The Balaban J connectivity index is 2.45. The van der Waals surface area contributed by atoms with E-state index in [9.17, 15) is 9.59 Å². The van der Waals surface area contributed by atoms with Gasteiger partial charge in [-0.3, -0.25) is 19.4 Å². The van der Waals surface area contributed by atoms with Gasteiger partial charge < -0.3 is 5.11 Å². The van der Waals surface area contributed by atoms with Gasteiger partial charge in [-0.2, -0.15) is 0 Å². The Kier molecular flexibility index (Phi) is 2.82. The van der Waals surface area contributed by atoms with Gasteiger partial charge in [-0.15, -0.1) is 0 Å². The Morgan fingerprint density at radius 2 is 2.12 bits per heavy atom. The third kappa shape index (κ3) is 2.28. The summed E-state index contributed by atoms with van der Waals surface area (Å²) in [4.78, 5) is 22.1. The van der Waals surface area contributed by atoms with E-state index in [-0.39, 0.29) is 17.5 Å². The molecule has 0 fully saturated rings. The van der Waals surface area contributed by atoms with Gasteiger partial charge in [-0.1, -0.05) is 18.2 Å². The highest BCUT2D eigenvalue weighted by molar-refractivity contribution is 5.69. The number of para-hydroxylation sites is 1. The summed E-state index contributed by atoms with van der Waals surface area (Å²) in [6, 6.07) is 7.54. The number of benzene rings is 1. The SMILES string of the molecule is Cc1ccccc1-n1cc(CC(=O)O)c(=O)[nH]1. The molecule has 0 bridgehead atoms. The van der Waals surface area contributed by atoms with Gasteiger partial charge in [0.05, 0.1) is 12.1 Å². The molecule has 0 aliphatic rings. The molecule has 0 saturated heterocycles. The Hall–Kier alpha value is -2.30. The number of aromatic nitrogens is 2. The van der Waals surface area contributed by atoms with Gasteiger partial charge in [0.2, 0.25) is 0 Å². The summed E-state index contributed by atoms with van der Waals surface area (Å²) in [6.45, 7) is 1.92. The topological polar surface area (TPSA) is 75.1 Å². The van der Waals surface area contributed by atoms with Crippen LogP contribution in [0, 0.1) is 6.92 Å². The standard InChI is InChI=1S/C12H12N2O3/c1-8-4-2-3-5-10(8)14-7-9(6-11(15)16)12(17)13-14/h2-5,7H,6H2,1H3,(H,13,17)(H,15,16). The Morgan fingerprint density at radius 3 is 2.76 bits per heavy atom. The average Bonchev–Trinajstić information content (AvgIpc) is 2.60. The number of H-pyrrole nitrogens is 1. The first-order valence-electron chi connectivity index (χ1n) is 5.16. The maximum Gasteiger partial charge on any atom is 0.308 e. The normalized spacial score (nSPS) is 10.4. The predicted molar refractivity (Wildman–Crippen MR) is 62.5 cm³/mol. The fraction of sp³-hybridized carbons (Fsp3) is 0.167. The molecule has 5 nitrogen and oxygen atoms in total. The number of hydrogen-bond acceptors (Lipinski definition) is 2. The number of aryl methyl sites for hydroxylation is 1. The first-order valence-corrected chi connectivity index (χ1v) is 5.16. The zero-order valence-corrected chi connectivity index (χ0v) is 9.30. The van der Waals surface area contributed by atoms with E-state index in [0.29, 0.717) is 0 Å². The molecule has 0 saturated carbocycles. The van der Waals surface area contributed by atoms with Gasteiger partial charge in [0.15, 0.2) is 0 Å². The molecule has 0 radical (unpaired) electrons.